The molecule has 2 rings (SSSR count). The standard InChI is InChI=1S/C16H30N2O/c1-2-12-7-4-6-10-15(12)18-16(19)11-13-8-3-5-9-14(13)17/h12-15H,2-11,17H2,1H3,(H,18,19). The minimum absolute atomic E-state index is 0.243. The van der Waals surface area contributed by atoms with Gasteiger partial charge in [0, 0.05) is 18.5 Å². The average molecular weight is 266 g/mol. The Labute approximate surface area is 117 Å². The normalized spacial score (nSPS) is 35.9. The molecule has 19 heavy (non-hydrogen) atoms. The van der Waals surface area contributed by atoms with Crippen LogP contribution in [0.15, 0.2) is 0 Å². The number of hydrogen-bond donors (Lipinski definition) is 2. The zero-order valence-corrected chi connectivity index (χ0v) is 12.4. The first-order chi connectivity index (χ1) is 9.20. The predicted octanol–water partition coefficient (Wildman–Crippen LogP) is 2.98. The van der Waals surface area contributed by atoms with E-state index in [0.717, 1.165) is 12.8 Å². The number of nitrogens with two attached hydrogens (primary N) is 1. The lowest BCUT2D eigenvalue weighted by atomic mass is 9.81. The van der Waals surface area contributed by atoms with Crippen LogP contribution in [0, 0.1) is 11.8 Å². The van der Waals surface area contributed by atoms with E-state index in [9.17, 15) is 4.79 Å². The monoisotopic (exact) mass is 266 g/mol. The molecule has 1 amide bonds. The Morgan fingerprint density at radius 2 is 1.68 bits per heavy atom. The van der Waals surface area contributed by atoms with Gasteiger partial charge in [0.2, 0.25) is 5.91 Å². The Morgan fingerprint density at radius 3 is 2.37 bits per heavy atom. The molecule has 4 atom stereocenters. The Bertz CT molecular complexity index is 292. The van der Waals surface area contributed by atoms with Gasteiger partial charge < -0.3 is 11.1 Å². The Kier molecular flexibility index (Phi) is 5.68. The molecule has 3 heteroatoms. The maximum absolute atomic E-state index is 12.2. The van der Waals surface area contributed by atoms with Crippen LogP contribution in [0.1, 0.15) is 71.1 Å². The second-order valence-corrected chi connectivity index (χ2v) is 6.54. The zero-order chi connectivity index (χ0) is 13.7. The first-order valence-corrected chi connectivity index (χ1v) is 8.25. The lowest BCUT2D eigenvalue weighted by Gasteiger charge is -2.33. The molecule has 0 spiro atoms. The van der Waals surface area contributed by atoms with Crippen molar-refractivity contribution in [1.29, 1.82) is 0 Å². The quantitative estimate of drug-likeness (QED) is 0.822. The molecule has 0 saturated heterocycles. The SMILES string of the molecule is CCC1CCCCC1NC(=O)CC1CCCCC1N. The lowest BCUT2D eigenvalue weighted by Crippen LogP contribution is -2.44. The molecule has 2 aliphatic carbocycles. The van der Waals surface area contributed by atoms with Gasteiger partial charge >= 0.3 is 0 Å². The highest BCUT2D eigenvalue weighted by molar-refractivity contribution is 5.76. The maximum Gasteiger partial charge on any atom is 0.220 e. The first kappa shape index (κ1) is 14.8. The third kappa shape index (κ3) is 4.20. The van der Waals surface area contributed by atoms with Crippen molar-refractivity contribution in [3.63, 3.8) is 0 Å². The summed E-state index contributed by atoms with van der Waals surface area (Å²) < 4.78 is 0. The number of amides is 1. The van der Waals surface area contributed by atoms with E-state index in [-0.39, 0.29) is 11.9 Å². The Hall–Kier alpha value is -0.570. The number of rotatable bonds is 4. The molecule has 4 unspecified atom stereocenters. The van der Waals surface area contributed by atoms with E-state index in [1.807, 2.05) is 0 Å². The van der Waals surface area contributed by atoms with Crippen molar-refractivity contribution in [3.8, 4) is 0 Å². The highest BCUT2D eigenvalue weighted by Gasteiger charge is 2.28. The van der Waals surface area contributed by atoms with Crippen LogP contribution in [0.5, 0.6) is 0 Å². The van der Waals surface area contributed by atoms with Gasteiger partial charge in [0.15, 0.2) is 0 Å². The van der Waals surface area contributed by atoms with Crippen molar-refractivity contribution < 1.29 is 4.79 Å². The fourth-order valence-corrected chi connectivity index (χ4v) is 3.88. The number of carbonyl (C=O) groups excluding carboxylic acids is 1. The average Bonchev–Trinajstić information content (AvgIpc) is 2.42. The van der Waals surface area contributed by atoms with E-state index in [0.29, 0.717) is 24.3 Å². The minimum Gasteiger partial charge on any atom is -0.353 e. The molecule has 3 nitrogen and oxygen atoms in total. The van der Waals surface area contributed by atoms with Crippen LogP contribution in [0.25, 0.3) is 0 Å². The van der Waals surface area contributed by atoms with E-state index in [1.165, 1.54) is 44.9 Å². The van der Waals surface area contributed by atoms with Crippen LogP contribution in [0.4, 0.5) is 0 Å². The number of carbonyl (C=O) groups is 1. The molecule has 0 aromatic carbocycles. The van der Waals surface area contributed by atoms with Crippen molar-refractivity contribution >= 4 is 5.91 Å². The van der Waals surface area contributed by atoms with Crippen molar-refractivity contribution in [3.05, 3.63) is 0 Å². The summed E-state index contributed by atoms with van der Waals surface area (Å²) in [5.74, 6) is 1.35. The molecule has 2 saturated carbocycles. The number of hydrogen-bond acceptors (Lipinski definition) is 2. The van der Waals surface area contributed by atoms with Gasteiger partial charge in [-0.2, -0.15) is 0 Å². The van der Waals surface area contributed by atoms with E-state index >= 15 is 0 Å². The molecule has 2 aliphatic rings. The summed E-state index contributed by atoms with van der Waals surface area (Å²) in [5, 5.41) is 3.29. The molecule has 0 radical (unpaired) electrons. The van der Waals surface area contributed by atoms with Crippen LogP contribution in [-0.2, 0) is 4.79 Å². The van der Waals surface area contributed by atoms with Gasteiger partial charge in [-0.05, 0) is 37.5 Å². The highest BCUT2D eigenvalue weighted by Crippen LogP contribution is 2.28. The summed E-state index contributed by atoms with van der Waals surface area (Å²) in [4.78, 5) is 12.2. The van der Waals surface area contributed by atoms with Crippen LogP contribution in [0.3, 0.4) is 0 Å². The molecule has 0 aromatic heterocycles. The van der Waals surface area contributed by atoms with Gasteiger partial charge in [-0.25, -0.2) is 0 Å². The highest BCUT2D eigenvalue weighted by atomic mass is 16.1. The molecule has 110 valence electrons. The molecule has 2 fully saturated rings. The third-order valence-corrected chi connectivity index (χ3v) is 5.20. The summed E-state index contributed by atoms with van der Waals surface area (Å²) in [6.45, 7) is 2.24. The zero-order valence-electron chi connectivity index (χ0n) is 12.4. The fraction of sp³-hybridized carbons (Fsp3) is 0.938. The fourth-order valence-electron chi connectivity index (χ4n) is 3.88. The molecule has 0 aromatic rings. The van der Waals surface area contributed by atoms with Gasteiger partial charge in [0.25, 0.3) is 0 Å². The molecular weight excluding hydrogens is 236 g/mol. The smallest absolute Gasteiger partial charge is 0.220 e. The summed E-state index contributed by atoms with van der Waals surface area (Å²) in [6, 6.07) is 0.666. The molecule has 0 bridgehead atoms. The van der Waals surface area contributed by atoms with E-state index < -0.39 is 0 Å². The first-order valence-electron chi connectivity index (χ1n) is 8.25. The third-order valence-electron chi connectivity index (χ3n) is 5.20. The maximum atomic E-state index is 12.2. The lowest BCUT2D eigenvalue weighted by molar-refractivity contribution is -0.123. The van der Waals surface area contributed by atoms with E-state index in [4.69, 9.17) is 5.73 Å². The summed E-state index contributed by atoms with van der Waals surface area (Å²) in [7, 11) is 0. The molecule has 0 heterocycles. The van der Waals surface area contributed by atoms with Crippen LogP contribution in [0.2, 0.25) is 0 Å². The second kappa shape index (κ2) is 7.28. The van der Waals surface area contributed by atoms with Gasteiger partial charge in [-0.15, -0.1) is 0 Å². The van der Waals surface area contributed by atoms with Gasteiger partial charge in [-0.3, -0.25) is 4.79 Å². The minimum atomic E-state index is 0.243. The molecular formula is C16H30N2O. The topological polar surface area (TPSA) is 55.1 Å². The van der Waals surface area contributed by atoms with Crippen molar-refractivity contribution in [2.45, 2.75) is 83.2 Å². The molecule has 3 N–H and O–H groups in total. The van der Waals surface area contributed by atoms with Crippen molar-refractivity contribution in [2.75, 3.05) is 0 Å². The summed E-state index contributed by atoms with van der Waals surface area (Å²) in [6.07, 6.45) is 11.6. The van der Waals surface area contributed by atoms with Gasteiger partial charge in [-0.1, -0.05) is 39.0 Å². The largest absolute Gasteiger partial charge is 0.353 e. The van der Waals surface area contributed by atoms with Crippen molar-refractivity contribution in [1.82, 2.24) is 5.32 Å². The Morgan fingerprint density at radius 1 is 1.05 bits per heavy atom. The van der Waals surface area contributed by atoms with Crippen LogP contribution >= 0.6 is 0 Å². The van der Waals surface area contributed by atoms with Crippen LogP contribution in [-0.4, -0.2) is 18.0 Å². The van der Waals surface area contributed by atoms with Gasteiger partial charge in [0.1, 0.15) is 0 Å². The van der Waals surface area contributed by atoms with Crippen molar-refractivity contribution in [2.24, 2.45) is 17.6 Å². The second-order valence-electron chi connectivity index (χ2n) is 6.54. The van der Waals surface area contributed by atoms with E-state index in [1.54, 1.807) is 0 Å². The summed E-state index contributed by atoms with van der Waals surface area (Å²) >= 11 is 0. The van der Waals surface area contributed by atoms with E-state index in [2.05, 4.69) is 12.2 Å². The summed E-state index contributed by atoms with van der Waals surface area (Å²) in [5.41, 5.74) is 6.13. The Balaban J connectivity index is 1.79. The number of nitrogens with one attached hydrogen (secondary N) is 1. The van der Waals surface area contributed by atoms with Crippen LogP contribution < -0.4 is 11.1 Å². The predicted molar refractivity (Wildman–Crippen MR) is 78.7 cm³/mol. The van der Waals surface area contributed by atoms with Gasteiger partial charge in [0.05, 0.1) is 0 Å². The molecule has 0 aliphatic heterocycles.